The van der Waals surface area contributed by atoms with Crippen LogP contribution in [0.2, 0.25) is 0 Å². The summed E-state index contributed by atoms with van der Waals surface area (Å²) in [7, 11) is 11.7. The van der Waals surface area contributed by atoms with Crippen molar-refractivity contribution in [2.45, 2.75) is 72.3 Å². The van der Waals surface area contributed by atoms with Gasteiger partial charge in [-0.2, -0.15) is 26.3 Å². The highest BCUT2D eigenvalue weighted by atomic mass is 19.4. The van der Waals surface area contributed by atoms with Gasteiger partial charge in [-0.15, -0.1) is 0 Å². The zero-order valence-corrected chi connectivity index (χ0v) is 78.0. The number of allylic oxidation sites excluding steroid dienone is 4. The maximum absolute atomic E-state index is 13.8. The summed E-state index contributed by atoms with van der Waals surface area (Å²) in [6, 6.07) is 58.2. The zero-order valence-electron chi connectivity index (χ0n) is 78.0. The van der Waals surface area contributed by atoms with Crippen LogP contribution in [0.4, 0.5) is 124 Å². The van der Waals surface area contributed by atoms with Crippen LogP contribution in [-0.2, 0) is 43.0 Å². The number of likely N-dealkylation sites (N-methyl/N-ethyl adjacent to an activating group) is 2. The molecule has 6 aliphatic rings. The summed E-state index contributed by atoms with van der Waals surface area (Å²) in [6.07, 6.45) is 8.85. The molecule has 0 saturated heterocycles. The van der Waals surface area contributed by atoms with E-state index in [9.17, 15) is 50.3 Å². The first kappa shape index (κ1) is 99.5. The third-order valence-corrected chi connectivity index (χ3v) is 24.1. The highest BCUT2D eigenvalue weighted by molar-refractivity contribution is 6.16. The number of para-hydroxylation sites is 4. The number of carbonyl (C=O) groups excluding carboxylic acids is 5. The molecule has 0 spiro atoms. The molecular formula is C108H109F6N21O5. The molecule has 5 amide bonds. The Labute approximate surface area is 808 Å². The molecule has 0 bridgehead atoms. The van der Waals surface area contributed by atoms with E-state index in [0.29, 0.717) is 40.4 Å². The van der Waals surface area contributed by atoms with Gasteiger partial charge in [0.05, 0.1) is 79.8 Å². The Morgan fingerprint density at radius 1 is 0.421 bits per heavy atom. The molecule has 26 nitrogen and oxygen atoms in total. The molecule has 2 aliphatic carbocycles. The molecular weight excluding hydrogens is 1790 g/mol. The molecule has 8 heterocycles. The minimum absolute atomic E-state index is 0. The molecule has 14 N–H and O–H groups in total. The first-order valence-corrected chi connectivity index (χ1v) is 45.0. The minimum atomic E-state index is -4.64. The van der Waals surface area contributed by atoms with Crippen LogP contribution in [-0.4, -0.2) is 136 Å². The van der Waals surface area contributed by atoms with Gasteiger partial charge in [-0.1, -0.05) is 112 Å². The number of aromatic nitrogens is 4. The number of rotatable bonds is 24. The van der Waals surface area contributed by atoms with E-state index >= 15 is 0 Å². The van der Waals surface area contributed by atoms with E-state index in [-0.39, 0.29) is 70.7 Å². The average Bonchev–Trinajstić information content (AvgIpc) is 1.53. The van der Waals surface area contributed by atoms with Crippen LogP contribution in [0.1, 0.15) is 123 Å². The number of benzene rings is 8. The fraction of sp³-hybridized carbons (Fsp3) is 0.204. The molecule has 12 aromatic rings. The lowest BCUT2D eigenvalue weighted by atomic mass is 9.95. The summed E-state index contributed by atoms with van der Waals surface area (Å²) < 4.78 is 82.8. The second-order valence-corrected chi connectivity index (χ2v) is 33.6. The average molecular weight is 1900 g/mol. The second kappa shape index (κ2) is 44.1. The molecule has 32 heteroatoms. The highest BCUT2D eigenvalue weighted by Crippen LogP contribution is 2.44. The van der Waals surface area contributed by atoms with Crippen molar-refractivity contribution >= 4 is 144 Å². The smallest absolute Gasteiger partial charge is 0.355 e. The van der Waals surface area contributed by atoms with E-state index in [0.717, 1.165) is 167 Å². The van der Waals surface area contributed by atoms with Gasteiger partial charge < -0.3 is 84.2 Å². The quantitative estimate of drug-likeness (QED) is 0.0197. The van der Waals surface area contributed by atoms with E-state index in [4.69, 9.17) is 4.99 Å². The van der Waals surface area contributed by atoms with Crippen LogP contribution < -0.4 is 79.3 Å². The number of hydrogen-bond donors (Lipinski definition) is 14. The maximum atomic E-state index is 13.8. The van der Waals surface area contributed by atoms with Gasteiger partial charge >= 0.3 is 12.4 Å². The summed E-state index contributed by atoms with van der Waals surface area (Å²) >= 11 is 0. The predicted octanol–water partition coefficient (Wildman–Crippen LogP) is 21.2. The van der Waals surface area contributed by atoms with Crippen molar-refractivity contribution < 1.29 is 50.3 Å². The minimum Gasteiger partial charge on any atom is -0.355 e. The Hall–Kier alpha value is -16.5. The highest BCUT2D eigenvalue weighted by Gasteiger charge is 2.37. The van der Waals surface area contributed by atoms with E-state index in [1.54, 1.807) is 89.0 Å². The standard InChI is InChI=1S/C28H26F3N5O.C28H29N5O2.C27H25F3N6O.C24H25N5O.CH4/c1-32-27(37)21-4-2-3-5-24(21)36-25-15-26(34-16-23(25)28(29,30)31)35-19-8-6-17-7-9-20(22(17)14-19)18-10-12-33-13-11-18;1-17-16-30-26(15-25(17)32-24-9-7-6-8-22(24)27(34)29-3)31-20-12-10-19-11-13-21(23(19)14-20)18(2)28(35)33(4)5;1-31-26(37)19-4-2-3-5-22(19)36-23-13-24(33-15-21(23)27(28,29)30)35-18-7-6-17-14-34-25(20(17)12-18)16-8-10-32-11-9-16;1-15-14-26-23(27-18-9-10-22-17(12-18)11-16(2)29(22)4)13-21(15)28-20-8-6-5-7-19(20)24(30)25-3;/h2-6,8-10,14-16,33H,7,11-13H2,1H3,(H,32,37)(H2,34,35,36);6-10,12-16H,2,11H2,1,3-5H3,(H,29,34)(H2,30,31,32);2-8,12-13,15,32H,9-11,14H2,1H3,(H,31,37)(H2,33,35,36);5-10,12-14H,2,11H2,1,3-4H3,(H,25,30)(H2,26,27,28);1H4. The largest absolute Gasteiger partial charge is 0.419 e. The van der Waals surface area contributed by atoms with Gasteiger partial charge in [-0.25, -0.2) is 19.9 Å². The van der Waals surface area contributed by atoms with Crippen LogP contribution >= 0.6 is 0 Å². The lowest BCUT2D eigenvalue weighted by molar-refractivity contribution is -0.138. The van der Waals surface area contributed by atoms with Crippen molar-refractivity contribution in [2.75, 3.05) is 123 Å². The van der Waals surface area contributed by atoms with E-state index in [1.165, 1.54) is 70.7 Å². The number of fused-ring (bicyclic) bond motifs is 4. The third kappa shape index (κ3) is 23.4. The number of nitrogens with zero attached hydrogens (tertiary/aromatic N) is 7. The third-order valence-electron chi connectivity index (χ3n) is 24.1. The van der Waals surface area contributed by atoms with Gasteiger partial charge in [0.25, 0.3) is 29.5 Å². The molecule has 18 rings (SSSR count). The van der Waals surface area contributed by atoms with Crippen LogP contribution in [0.25, 0.3) is 11.1 Å². The Morgan fingerprint density at radius 2 is 0.800 bits per heavy atom. The number of halogens is 6. The van der Waals surface area contributed by atoms with Gasteiger partial charge in [0.1, 0.15) is 23.3 Å². The maximum Gasteiger partial charge on any atom is 0.419 e. The molecule has 4 aromatic heterocycles. The van der Waals surface area contributed by atoms with Crippen molar-refractivity contribution in [3.8, 4) is 0 Å². The number of amides is 5. The van der Waals surface area contributed by atoms with Crippen molar-refractivity contribution in [3.05, 3.63) is 362 Å². The summed E-state index contributed by atoms with van der Waals surface area (Å²) in [5.74, 6) is 0.645. The fourth-order valence-electron chi connectivity index (χ4n) is 16.7. The van der Waals surface area contributed by atoms with Gasteiger partial charge in [-0.3, -0.25) is 29.0 Å². The van der Waals surface area contributed by atoms with E-state index in [1.807, 2.05) is 136 Å². The SMILES string of the molecule is C.C=C(C(=O)N(C)C)C1=CCc2ccc(Nc3cc(Nc4ccccc4C(=O)NC)c(C)cn3)cc21.C=C1Cc2cc(Nc3cc(Nc4ccccc4C(=O)NC)c(C)cn3)ccc2N1C.CNC(=O)c1ccccc1Nc1cc(Nc2ccc3c(c2)C(C2=CCNCC2)=CC3)ncc1C(F)(F)F.CNC(=O)c1ccccc1Nc1cc(Nc2ccc3c(c2)C(C2=CCNCC2)=NC3)ncc1C(F)(F)F. The molecule has 0 unspecified atom stereocenters. The Morgan fingerprint density at radius 3 is 1.23 bits per heavy atom. The van der Waals surface area contributed by atoms with E-state index < -0.39 is 35.3 Å². The molecule has 0 radical (unpaired) electrons. The van der Waals surface area contributed by atoms with Crippen molar-refractivity contribution in [2.24, 2.45) is 4.99 Å². The lowest BCUT2D eigenvalue weighted by Gasteiger charge is -2.18. The number of aryl methyl sites for hydroxylation is 2. The van der Waals surface area contributed by atoms with Crippen LogP contribution in [0, 0.1) is 13.8 Å². The Bertz CT molecular complexity index is 6750. The second-order valence-electron chi connectivity index (χ2n) is 33.6. The summed E-state index contributed by atoms with van der Waals surface area (Å²) in [5, 5.41) is 42.3. The molecule has 0 fully saturated rings. The molecule has 140 heavy (non-hydrogen) atoms. The van der Waals surface area contributed by atoms with Crippen LogP contribution in [0.3, 0.4) is 0 Å². The topological polar surface area (TPSA) is 324 Å². The number of pyridine rings is 4. The van der Waals surface area contributed by atoms with Gasteiger partial charge in [-0.05, 0) is 223 Å². The summed E-state index contributed by atoms with van der Waals surface area (Å²) in [4.78, 5) is 86.8. The lowest BCUT2D eigenvalue weighted by Crippen LogP contribution is -2.23. The van der Waals surface area contributed by atoms with Crippen molar-refractivity contribution in [1.29, 1.82) is 0 Å². The Kier molecular flexibility index (Phi) is 31.3. The van der Waals surface area contributed by atoms with Crippen molar-refractivity contribution in [1.82, 2.24) is 56.7 Å². The van der Waals surface area contributed by atoms with E-state index in [2.05, 4.69) is 149 Å². The Balaban J connectivity index is 0.000000149. The van der Waals surface area contributed by atoms with Crippen molar-refractivity contribution in [3.63, 3.8) is 0 Å². The number of aliphatic imine (C=N–C) groups is 1. The van der Waals surface area contributed by atoms with Crippen LogP contribution in [0.15, 0.2) is 284 Å². The molecule has 718 valence electrons. The molecule has 0 atom stereocenters. The summed E-state index contributed by atoms with van der Waals surface area (Å²) in [5.41, 5.74) is 24.4. The molecule has 8 aromatic carbocycles. The molecule has 4 aliphatic heterocycles. The molecule has 0 saturated carbocycles. The van der Waals surface area contributed by atoms with Gasteiger partial charge in [0.15, 0.2) is 0 Å². The van der Waals surface area contributed by atoms with Crippen LogP contribution in [0.5, 0.6) is 0 Å². The van der Waals surface area contributed by atoms with Gasteiger partial charge in [0.2, 0.25) is 0 Å². The summed E-state index contributed by atoms with van der Waals surface area (Å²) in [6.45, 7) is 16.2. The number of carbonyl (C=O) groups is 5. The predicted molar refractivity (Wildman–Crippen MR) is 548 cm³/mol. The number of hydrogen-bond acceptors (Lipinski definition) is 21. The normalized spacial score (nSPS) is 13.5. The first-order chi connectivity index (χ1) is 66.9. The van der Waals surface area contributed by atoms with Gasteiger partial charge in [0, 0.05) is 175 Å². The first-order valence-electron chi connectivity index (χ1n) is 45.0. The number of anilines is 17. The monoisotopic (exact) mass is 1890 g/mol. The number of alkyl halides is 6. The fourth-order valence-corrected chi connectivity index (χ4v) is 16.7. The number of nitrogens with one attached hydrogen (secondary N) is 14. The zero-order chi connectivity index (χ0) is 98.3.